The summed E-state index contributed by atoms with van der Waals surface area (Å²) in [5, 5.41) is 2.88. The highest BCUT2D eigenvalue weighted by Gasteiger charge is 2.15. The lowest BCUT2D eigenvalue weighted by atomic mass is 10.2. The van der Waals surface area contributed by atoms with Crippen molar-refractivity contribution >= 4 is 5.91 Å². The number of nitrogens with one attached hydrogen (secondary N) is 1. The van der Waals surface area contributed by atoms with Crippen molar-refractivity contribution in [3.63, 3.8) is 0 Å². The maximum Gasteiger partial charge on any atom is 0.220 e. The zero-order valence-corrected chi connectivity index (χ0v) is 9.28. The van der Waals surface area contributed by atoms with Gasteiger partial charge in [-0.2, -0.15) is 0 Å². The van der Waals surface area contributed by atoms with E-state index in [1.165, 1.54) is 0 Å². The Bertz CT molecular complexity index is 315. The summed E-state index contributed by atoms with van der Waals surface area (Å²) in [5.41, 5.74) is 0. The average Bonchev–Trinajstić information content (AvgIpc) is 2.96. The first kappa shape index (κ1) is 11.2. The number of ether oxygens (including phenoxy) is 1. The van der Waals surface area contributed by atoms with Gasteiger partial charge < -0.3 is 14.5 Å². The van der Waals surface area contributed by atoms with Crippen LogP contribution in [-0.2, 0) is 16.0 Å². The molecule has 0 spiro atoms. The molecule has 0 aliphatic carbocycles. The SMILES string of the molecule is O=C(CCc1ccco1)NC[C@H]1CCCO1. The fraction of sp³-hybridized carbons (Fsp3) is 0.583. The second-order valence-corrected chi connectivity index (χ2v) is 4.02. The normalized spacial score (nSPS) is 19.9. The highest BCUT2D eigenvalue weighted by atomic mass is 16.5. The lowest BCUT2D eigenvalue weighted by Crippen LogP contribution is -2.31. The quantitative estimate of drug-likeness (QED) is 0.823. The molecule has 1 aliphatic rings. The van der Waals surface area contributed by atoms with Gasteiger partial charge in [-0.05, 0) is 25.0 Å². The number of furan rings is 1. The van der Waals surface area contributed by atoms with Crippen molar-refractivity contribution in [1.29, 1.82) is 0 Å². The third kappa shape index (κ3) is 3.38. The molecule has 1 atom stereocenters. The monoisotopic (exact) mass is 223 g/mol. The summed E-state index contributed by atoms with van der Waals surface area (Å²) in [6.07, 6.45) is 5.13. The molecule has 1 aromatic rings. The Balaban J connectivity index is 1.60. The molecule has 2 heterocycles. The van der Waals surface area contributed by atoms with Gasteiger partial charge in [0.05, 0.1) is 12.4 Å². The third-order valence-corrected chi connectivity index (χ3v) is 2.73. The zero-order valence-electron chi connectivity index (χ0n) is 9.28. The molecule has 16 heavy (non-hydrogen) atoms. The van der Waals surface area contributed by atoms with Gasteiger partial charge in [0.2, 0.25) is 5.91 Å². The Kier molecular flexibility index (Phi) is 3.99. The molecule has 1 amide bonds. The van der Waals surface area contributed by atoms with Crippen LogP contribution in [0.15, 0.2) is 22.8 Å². The smallest absolute Gasteiger partial charge is 0.220 e. The van der Waals surface area contributed by atoms with E-state index in [0.29, 0.717) is 19.4 Å². The molecule has 4 nitrogen and oxygen atoms in total. The number of aryl methyl sites for hydroxylation is 1. The van der Waals surface area contributed by atoms with Crippen molar-refractivity contribution in [3.8, 4) is 0 Å². The number of hydrogen-bond donors (Lipinski definition) is 1. The van der Waals surface area contributed by atoms with Crippen LogP contribution in [0.1, 0.15) is 25.0 Å². The fourth-order valence-electron chi connectivity index (χ4n) is 1.81. The Morgan fingerprint density at radius 3 is 3.19 bits per heavy atom. The van der Waals surface area contributed by atoms with Crippen molar-refractivity contribution in [3.05, 3.63) is 24.2 Å². The number of amides is 1. The van der Waals surface area contributed by atoms with E-state index in [0.717, 1.165) is 25.2 Å². The van der Waals surface area contributed by atoms with Gasteiger partial charge in [0.25, 0.3) is 0 Å². The molecule has 0 unspecified atom stereocenters. The summed E-state index contributed by atoms with van der Waals surface area (Å²) in [6.45, 7) is 1.46. The van der Waals surface area contributed by atoms with Crippen LogP contribution in [0.4, 0.5) is 0 Å². The summed E-state index contributed by atoms with van der Waals surface area (Å²) in [6, 6.07) is 3.72. The van der Waals surface area contributed by atoms with E-state index >= 15 is 0 Å². The highest BCUT2D eigenvalue weighted by Crippen LogP contribution is 2.10. The van der Waals surface area contributed by atoms with Crippen LogP contribution in [0, 0.1) is 0 Å². The van der Waals surface area contributed by atoms with Crippen molar-refractivity contribution in [2.75, 3.05) is 13.2 Å². The summed E-state index contributed by atoms with van der Waals surface area (Å²) in [4.78, 5) is 11.5. The van der Waals surface area contributed by atoms with Crippen LogP contribution in [0.3, 0.4) is 0 Å². The van der Waals surface area contributed by atoms with Crippen LogP contribution in [0.25, 0.3) is 0 Å². The summed E-state index contributed by atoms with van der Waals surface area (Å²) in [7, 11) is 0. The molecule has 1 N–H and O–H groups in total. The van der Waals surface area contributed by atoms with Crippen LogP contribution < -0.4 is 5.32 Å². The molecule has 1 aliphatic heterocycles. The van der Waals surface area contributed by atoms with E-state index in [1.807, 2.05) is 12.1 Å². The van der Waals surface area contributed by atoms with Crippen molar-refractivity contribution in [2.24, 2.45) is 0 Å². The van der Waals surface area contributed by atoms with Gasteiger partial charge in [-0.3, -0.25) is 4.79 Å². The number of rotatable bonds is 5. The third-order valence-electron chi connectivity index (χ3n) is 2.73. The number of hydrogen-bond acceptors (Lipinski definition) is 3. The lowest BCUT2D eigenvalue weighted by molar-refractivity contribution is -0.121. The van der Waals surface area contributed by atoms with Crippen LogP contribution in [-0.4, -0.2) is 25.2 Å². The largest absolute Gasteiger partial charge is 0.469 e. The molecule has 1 aromatic heterocycles. The predicted molar refractivity (Wildman–Crippen MR) is 59.0 cm³/mol. The molecule has 88 valence electrons. The molecule has 1 fully saturated rings. The molecule has 4 heteroatoms. The van der Waals surface area contributed by atoms with E-state index < -0.39 is 0 Å². The standard InChI is InChI=1S/C12H17NO3/c14-12(6-5-10-3-1-7-15-10)13-9-11-4-2-8-16-11/h1,3,7,11H,2,4-6,8-9H2,(H,13,14)/t11-/m1/s1. The Morgan fingerprint density at radius 1 is 1.56 bits per heavy atom. The fourth-order valence-corrected chi connectivity index (χ4v) is 1.81. The molecule has 0 saturated carbocycles. The minimum Gasteiger partial charge on any atom is -0.469 e. The summed E-state index contributed by atoms with van der Waals surface area (Å²) in [5.74, 6) is 0.916. The lowest BCUT2D eigenvalue weighted by Gasteiger charge is -2.10. The summed E-state index contributed by atoms with van der Waals surface area (Å²) >= 11 is 0. The highest BCUT2D eigenvalue weighted by molar-refractivity contribution is 5.76. The van der Waals surface area contributed by atoms with Gasteiger partial charge >= 0.3 is 0 Å². The number of carbonyl (C=O) groups is 1. The van der Waals surface area contributed by atoms with Crippen molar-refractivity contribution in [2.45, 2.75) is 31.8 Å². The molecule has 0 bridgehead atoms. The zero-order chi connectivity index (χ0) is 11.2. The minimum atomic E-state index is 0.0619. The second-order valence-electron chi connectivity index (χ2n) is 4.02. The minimum absolute atomic E-state index is 0.0619. The van der Waals surface area contributed by atoms with E-state index in [2.05, 4.69) is 5.32 Å². The van der Waals surface area contributed by atoms with Crippen molar-refractivity contribution in [1.82, 2.24) is 5.32 Å². The molecule has 0 aromatic carbocycles. The van der Waals surface area contributed by atoms with Gasteiger partial charge in [-0.1, -0.05) is 0 Å². The van der Waals surface area contributed by atoms with E-state index in [1.54, 1.807) is 6.26 Å². The van der Waals surface area contributed by atoms with E-state index in [4.69, 9.17) is 9.15 Å². The summed E-state index contributed by atoms with van der Waals surface area (Å²) < 4.78 is 10.6. The van der Waals surface area contributed by atoms with Crippen molar-refractivity contribution < 1.29 is 13.9 Å². The van der Waals surface area contributed by atoms with Gasteiger partial charge in [0, 0.05) is 26.0 Å². The van der Waals surface area contributed by atoms with E-state index in [-0.39, 0.29) is 12.0 Å². The van der Waals surface area contributed by atoms with Gasteiger partial charge in [-0.25, -0.2) is 0 Å². The molecular formula is C12H17NO3. The molecule has 0 radical (unpaired) electrons. The Hall–Kier alpha value is -1.29. The predicted octanol–water partition coefficient (Wildman–Crippen LogP) is 1.51. The Labute approximate surface area is 95.0 Å². The molecule has 1 saturated heterocycles. The first-order valence-electron chi connectivity index (χ1n) is 5.75. The maximum atomic E-state index is 11.5. The van der Waals surface area contributed by atoms with Crippen LogP contribution in [0.2, 0.25) is 0 Å². The van der Waals surface area contributed by atoms with Gasteiger partial charge in [0.15, 0.2) is 0 Å². The van der Waals surface area contributed by atoms with Crippen LogP contribution >= 0.6 is 0 Å². The van der Waals surface area contributed by atoms with Gasteiger partial charge in [0.1, 0.15) is 5.76 Å². The van der Waals surface area contributed by atoms with Crippen LogP contribution in [0.5, 0.6) is 0 Å². The molecular weight excluding hydrogens is 206 g/mol. The second kappa shape index (κ2) is 5.70. The number of carbonyl (C=O) groups excluding carboxylic acids is 1. The van der Waals surface area contributed by atoms with E-state index in [9.17, 15) is 4.79 Å². The molecule has 2 rings (SSSR count). The Morgan fingerprint density at radius 2 is 2.50 bits per heavy atom. The first-order chi connectivity index (χ1) is 7.84. The average molecular weight is 223 g/mol. The first-order valence-corrected chi connectivity index (χ1v) is 5.75. The maximum absolute atomic E-state index is 11.5. The topological polar surface area (TPSA) is 51.5 Å². The van der Waals surface area contributed by atoms with Gasteiger partial charge in [-0.15, -0.1) is 0 Å².